The number of nitrogens with zero attached hydrogens (tertiary/aromatic N) is 2. The number of carbonyl (C=O) groups is 1. The van der Waals surface area contributed by atoms with Crippen molar-refractivity contribution in [2.24, 2.45) is 0 Å². The van der Waals surface area contributed by atoms with E-state index >= 15 is 0 Å². The molecule has 0 aromatic carbocycles. The lowest BCUT2D eigenvalue weighted by molar-refractivity contribution is 0.0695. The number of carboxylic acid groups (broad SMARTS) is 1. The number of carboxylic acids is 1. The highest BCUT2D eigenvalue weighted by Gasteiger charge is 2.13. The molecule has 1 N–H and O–H groups in total. The summed E-state index contributed by atoms with van der Waals surface area (Å²) in [6, 6.07) is 1.53. The minimum absolute atomic E-state index is 0.205. The molecule has 2 heterocycles. The van der Waals surface area contributed by atoms with Gasteiger partial charge in [-0.1, -0.05) is 0 Å². The molecule has 0 saturated heterocycles. The molecule has 16 heavy (non-hydrogen) atoms. The largest absolute Gasteiger partial charge is 0.478 e. The van der Waals surface area contributed by atoms with Crippen molar-refractivity contribution in [2.75, 3.05) is 0 Å². The Hall–Kier alpha value is -1.31. The van der Waals surface area contributed by atoms with Crippen LogP contribution in [-0.2, 0) is 6.54 Å². The Morgan fingerprint density at radius 1 is 1.69 bits per heavy atom. The molecule has 2 aromatic rings. The minimum atomic E-state index is -0.970. The summed E-state index contributed by atoms with van der Waals surface area (Å²) in [5, 5.41) is 13.0. The van der Waals surface area contributed by atoms with E-state index in [4.69, 9.17) is 9.52 Å². The number of rotatable bonds is 3. The number of furan rings is 1. The topological polar surface area (TPSA) is 68.3 Å². The monoisotopic (exact) mass is 332 g/mol. The Kier molecular flexibility index (Phi) is 2.99. The maximum absolute atomic E-state index is 10.8. The number of hydrogen-bond donors (Lipinski definition) is 1. The number of halogens is 1. The first-order valence-corrected chi connectivity index (χ1v) is 5.64. The highest BCUT2D eigenvalue weighted by Crippen LogP contribution is 2.15. The standard InChI is InChI=1S/C10H9IN2O3/c1-6-9(10(14)15)2-8(16-6)5-13-4-7(11)3-12-13/h2-4H,5H2,1H3,(H,14,15). The van der Waals surface area contributed by atoms with Gasteiger partial charge in [0.2, 0.25) is 0 Å². The van der Waals surface area contributed by atoms with Gasteiger partial charge in [-0.25, -0.2) is 4.79 Å². The third kappa shape index (κ3) is 2.26. The summed E-state index contributed by atoms with van der Waals surface area (Å²) in [4.78, 5) is 10.8. The van der Waals surface area contributed by atoms with E-state index < -0.39 is 5.97 Å². The first-order chi connectivity index (χ1) is 7.56. The number of aromatic carboxylic acids is 1. The van der Waals surface area contributed by atoms with Gasteiger partial charge in [-0.3, -0.25) is 4.68 Å². The van der Waals surface area contributed by atoms with E-state index in [1.54, 1.807) is 17.8 Å². The molecule has 84 valence electrons. The second-order valence-corrected chi connectivity index (χ2v) is 4.59. The first-order valence-electron chi connectivity index (χ1n) is 4.57. The van der Waals surface area contributed by atoms with Crippen LogP contribution in [0.5, 0.6) is 0 Å². The van der Waals surface area contributed by atoms with Gasteiger partial charge in [-0.05, 0) is 35.6 Å². The van der Waals surface area contributed by atoms with Crippen molar-refractivity contribution in [3.8, 4) is 0 Å². The number of aryl methyl sites for hydroxylation is 1. The van der Waals surface area contributed by atoms with Crippen LogP contribution in [0.15, 0.2) is 22.9 Å². The Labute approximate surface area is 105 Å². The molecule has 6 heteroatoms. The molecule has 0 fully saturated rings. The van der Waals surface area contributed by atoms with Crippen molar-refractivity contribution in [3.63, 3.8) is 0 Å². The van der Waals surface area contributed by atoms with Crippen LogP contribution in [0, 0.1) is 10.5 Å². The molecule has 0 saturated carbocycles. The van der Waals surface area contributed by atoms with Crippen LogP contribution in [0.1, 0.15) is 21.9 Å². The van der Waals surface area contributed by atoms with E-state index in [0.29, 0.717) is 18.1 Å². The molecule has 0 atom stereocenters. The molecule has 0 bridgehead atoms. The Bertz CT molecular complexity index is 530. The lowest BCUT2D eigenvalue weighted by atomic mass is 10.2. The van der Waals surface area contributed by atoms with Gasteiger partial charge in [-0.15, -0.1) is 0 Å². The zero-order valence-electron chi connectivity index (χ0n) is 8.48. The van der Waals surface area contributed by atoms with Gasteiger partial charge in [0.25, 0.3) is 0 Å². The van der Waals surface area contributed by atoms with Gasteiger partial charge in [0.1, 0.15) is 17.1 Å². The maximum Gasteiger partial charge on any atom is 0.339 e. The van der Waals surface area contributed by atoms with Gasteiger partial charge in [0.05, 0.1) is 16.3 Å². The molecule has 0 amide bonds. The van der Waals surface area contributed by atoms with Gasteiger partial charge in [-0.2, -0.15) is 5.10 Å². The third-order valence-corrected chi connectivity index (χ3v) is 2.68. The van der Waals surface area contributed by atoms with E-state index in [0.717, 1.165) is 3.57 Å². The van der Waals surface area contributed by atoms with E-state index in [2.05, 4.69) is 27.7 Å². The summed E-state index contributed by atoms with van der Waals surface area (Å²) >= 11 is 2.16. The molecular formula is C10H9IN2O3. The summed E-state index contributed by atoms with van der Waals surface area (Å²) in [5.74, 6) is 0.0429. The quantitative estimate of drug-likeness (QED) is 0.875. The predicted octanol–water partition coefficient (Wildman–Crippen LogP) is 2.14. The minimum Gasteiger partial charge on any atom is -0.478 e. The van der Waals surface area contributed by atoms with Crippen molar-refractivity contribution in [2.45, 2.75) is 13.5 Å². The summed E-state index contributed by atoms with van der Waals surface area (Å²) in [6.45, 7) is 2.08. The fourth-order valence-corrected chi connectivity index (χ4v) is 1.86. The van der Waals surface area contributed by atoms with Crippen molar-refractivity contribution >= 4 is 28.6 Å². The fourth-order valence-electron chi connectivity index (χ4n) is 1.42. The highest BCUT2D eigenvalue weighted by atomic mass is 127. The van der Waals surface area contributed by atoms with Crippen molar-refractivity contribution < 1.29 is 14.3 Å². The zero-order valence-corrected chi connectivity index (χ0v) is 10.6. The second-order valence-electron chi connectivity index (χ2n) is 3.34. The fraction of sp³-hybridized carbons (Fsp3) is 0.200. The molecule has 0 aliphatic heterocycles. The summed E-state index contributed by atoms with van der Waals surface area (Å²) in [6.07, 6.45) is 3.59. The smallest absolute Gasteiger partial charge is 0.339 e. The normalized spacial score (nSPS) is 10.6. The van der Waals surface area contributed by atoms with Crippen LogP contribution in [0.2, 0.25) is 0 Å². The Morgan fingerprint density at radius 3 is 2.94 bits per heavy atom. The number of hydrogen-bond acceptors (Lipinski definition) is 3. The molecule has 0 aliphatic rings. The Balaban J connectivity index is 2.22. The van der Waals surface area contributed by atoms with Gasteiger partial charge in [0, 0.05) is 6.20 Å². The zero-order chi connectivity index (χ0) is 11.7. The summed E-state index contributed by atoms with van der Waals surface area (Å²) < 4.78 is 8.07. The van der Waals surface area contributed by atoms with Crippen LogP contribution in [0.25, 0.3) is 0 Å². The predicted molar refractivity (Wildman–Crippen MR) is 64.5 cm³/mol. The molecule has 0 radical (unpaired) electrons. The van der Waals surface area contributed by atoms with Crippen LogP contribution >= 0.6 is 22.6 Å². The lowest BCUT2D eigenvalue weighted by Gasteiger charge is -1.95. The van der Waals surface area contributed by atoms with Gasteiger partial charge in [0.15, 0.2) is 0 Å². The Morgan fingerprint density at radius 2 is 2.44 bits per heavy atom. The number of aromatic nitrogens is 2. The molecule has 5 nitrogen and oxygen atoms in total. The van der Waals surface area contributed by atoms with Crippen molar-refractivity contribution in [3.05, 3.63) is 39.1 Å². The molecule has 2 rings (SSSR count). The van der Waals surface area contributed by atoms with Gasteiger partial charge >= 0.3 is 5.97 Å². The average molecular weight is 332 g/mol. The molecule has 0 spiro atoms. The van der Waals surface area contributed by atoms with Crippen LogP contribution in [-0.4, -0.2) is 20.9 Å². The average Bonchev–Trinajstić information content (AvgIpc) is 2.73. The third-order valence-electron chi connectivity index (χ3n) is 2.12. The molecule has 0 aliphatic carbocycles. The lowest BCUT2D eigenvalue weighted by Crippen LogP contribution is -1.98. The molecular weight excluding hydrogens is 323 g/mol. The van der Waals surface area contributed by atoms with E-state index in [-0.39, 0.29) is 5.56 Å². The van der Waals surface area contributed by atoms with Crippen LogP contribution in [0.3, 0.4) is 0 Å². The SMILES string of the molecule is Cc1oc(Cn2cc(I)cn2)cc1C(=O)O. The van der Waals surface area contributed by atoms with E-state index in [9.17, 15) is 4.79 Å². The van der Waals surface area contributed by atoms with Crippen molar-refractivity contribution in [1.29, 1.82) is 0 Å². The maximum atomic E-state index is 10.8. The van der Waals surface area contributed by atoms with E-state index in [1.165, 1.54) is 6.07 Å². The highest BCUT2D eigenvalue weighted by molar-refractivity contribution is 14.1. The summed E-state index contributed by atoms with van der Waals surface area (Å²) in [7, 11) is 0. The molecule has 0 unspecified atom stereocenters. The van der Waals surface area contributed by atoms with Crippen LogP contribution in [0.4, 0.5) is 0 Å². The van der Waals surface area contributed by atoms with Gasteiger partial charge < -0.3 is 9.52 Å². The van der Waals surface area contributed by atoms with Crippen molar-refractivity contribution in [1.82, 2.24) is 9.78 Å². The summed E-state index contributed by atoms with van der Waals surface area (Å²) in [5.41, 5.74) is 0.205. The molecule has 2 aromatic heterocycles. The van der Waals surface area contributed by atoms with Crippen LogP contribution < -0.4 is 0 Å². The van der Waals surface area contributed by atoms with E-state index in [1.807, 2.05) is 6.20 Å². The first kappa shape index (κ1) is 11.2. The second kappa shape index (κ2) is 4.28.